The average Bonchev–Trinajstić information content (AvgIpc) is 2.81. The fourth-order valence-corrected chi connectivity index (χ4v) is 2.83. The maximum absolute atomic E-state index is 4.61. The molecule has 1 N–H and O–H groups in total. The van der Waals surface area contributed by atoms with E-state index in [1.54, 1.807) is 0 Å². The van der Waals surface area contributed by atoms with E-state index in [-0.39, 0.29) is 0 Å². The van der Waals surface area contributed by atoms with E-state index in [9.17, 15) is 0 Å². The molecule has 0 saturated carbocycles. The molecule has 108 valence electrons. The van der Waals surface area contributed by atoms with Gasteiger partial charge in [-0.15, -0.1) is 0 Å². The van der Waals surface area contributed by atoms with Crippen LogP contribution in [0.4, 0.5) is 5.69 Å². The standard InChI is InChI=1S/C18H21N3/c1-4-15-9-7-8-13(2)18(15)19-12-16-14(3)20-17-10-5-6-11-21(16)17/h5-11,19H,4,12H2,1-3H3. The van der Waals surface area contributed by atoms with Crippen molar-refractivity contribution in [2.45, 2.75) is 33.7 Å². The van der Waals surface area contributed by atoms with Crippen molar-refractivity contribution < 1.29 is 0 Å². The summed E-state index contributed by atoms with van der Waals surface area (Å²) in [7, 11) is 0. The van der Waals surface area contributed by atoms with Crippen molar-refractivity contribution in [3.05, 3.63) is 65.1 Å². The van der Waals surface area contributed by atoms with Gasteiger partial charge in [-0.2, -0.15) is 0 Å². The zero-order valence-corrected chi connectivity index (χ0v) is 12.9. The van der Waals surface area contributed by atoms with Gasteiger partial charge in [-0.1, -0.05) is 31.2 Å². The minimum absolute atomic E-state index is 0.787. The van der Waals surface area contributed by atoms with Gasteiger partial charge in [-0.25, -0.2) is 4.98 Å². The lowest BCUT2D eigenvalue weighted by molar-refractivity contribution is 0.977. The summed E-state index contributed by atoms with van der Waals surface area (Å²) in [6, 6.07) is 12.6. The molecular formula is C18H21N3. The number of fused-ring (bicyclic) bond motifs is 1. The lowest BCUT2D eigenvalue weighted by atomic mass is 10.1. The van der Waals surface area contributed by atoms with Gasteiger partial charge >= 0.3 is 0 Å². The molecule has 3 nitrogen and oxygen atoms in total. The number of benzene rings is 1. The van der Waals surface area contributed by atoms with Crippen LogP contribution in [0.2, 0.25) is 0 Å². The third-order valence-electron chi connectivity index (χ3n) is 4.00. The summed E-state index contributed by atoms with van der Waals surface area (Å²) in [6.07, 6.45) is 3.11. The van der Waals surface area contributed by atoms with E-state index >= 15 is 0 Å². The largest absolute Gasteiger partial charge is 0.379 e. The number of aromatic nitrogens is 2. The fourth-order valence-electron chi connectivity index (χ4n) is 2.83. The molecule has 2 aromatic heterocycles. The minimum Gasteiger partial charge on any atom is -0.379 e. The number of hydrogen-bond donors (Lipinski definition) is 1. The molecule has 0 radical (unpaired) electrons. The van der Waals surface area contributed by atoms with Gasteiger partial charge in [-0.3, -0.25) is 0 Å². The molecule has 0 saturated heterocycles. The summed E-state index contributed by atoms with van der Waals surface area (Å²) in [6.45, 7) is 7.21. The number of imidazole rings is 1. The Kier molecular flexibility index (Phi) is 3.65. The molecule has 0 unspecified atom stereocenters. The average molecular weight is 279 g/mol. The van der Waals surface area contributed by atoms with Crippen LogP contribution in [0.15, 0.2) is 42.6 Å². The fraction of sp³-hybridized carbons (Fsp3) is 0.278. The summed E-state index contributed by atoms with van der Waals surface area (Å²) in [5.74, 6) is 0. The third kappa shape index (κ3) is 2.51. The van der Waals surface area contributed by atoms with Gasteiger partial charge in [-0.05, 0) is 43.5 Å². The van der Waals surface area contributed by atoms with Crippen LogP contribution in [0.5, 0.6) is 0 Å². The summed E-state index contributed by atoms with van der Waals surface area (Å²) in [5, 5.41) is 3.61. The summed E-state index contributed by atoms with van der Waals surface area (Å²) in [4.78, 5) is 4.61. The molecule has 1 aromatic carbocycles. The number of pyridine rings is 1. The van der Waals surface area contributed by atoms with Crippen LogP contribution in [0.25, 0.3) is 5.65 Å². The maximum Gasteiger partial charge on any atom is 0.137 e. The Bertz CT molecular complexity index is 771. The molecule has 0 fully saturated rings. The normalized spacial score (nSPS) is 11.0. The number of anilines is 1. The molecule has 21 heavy (non-hydrogen) atoms. The van der Waals surface area contributed by atoms with Crippen molar-refractivity contribution in [2.75, 3.05) is 5.32 Å². The molecule has 0 aliphatic heterocycles. The van der Waals surface area contributed by atoms with Crippen molar-refractivity contribution in [2.24, 2.45) is 0 Å². The molecule has 3 aromatic rings. The van der Waals surface area contributed by atoms with Gasteiger partial charge in [0.15, 0.2) is 0 Å². The highest BCUT2D eigenvalue weighted by Gasteiger charge is 2.09. The SMILES string of the molecule is CCc1cccc(C)c1NCc1c(C)nc2ccccn12. The number of rotatable bonds is 4. The quantitative estimate of drug-likeness (QED) is 0.778. The number of nitrogens with zero attached hydrogens (tertiary/aromatic N) is 2. The second-order valence-corrected chi connectivity index (χ2v) is 5.39. The van der Waals surface area contributed by atoms with Crippen molar-refractivity contribution in [3.8, 4) is 0 Å². The second kappa shape index (κ2) is 5.60. The first-order valence-electron chi connectivity index (χ1n) is 7.45. The van der Waals surface area contributed by atoms with Gasteiger partial charge in [0.05, 0.1) is 17.9 Å². The van der Waals surface area contributed by atoms with Crippen LogP contribution in [-0.4, -0.2) is 9.38 Å². The van der Waals surface area contributed by atoms with Crippen LogP contribution in [0, 0.1) is 13.8 Å². The van der Waals surface area contributed by atoms with E-state index in [0.29, 0.717) is 0 Å². The predicted octanol–water partition coefficient (Wildman–Crippen LogP) is 4.13. The van der Waals surface area contributed by atoms with Gasteiger partial charge < -0.3 is 9.72 Å². The molecule has 0 bridgehead atoms. The topological polar surface area (TPSA) is 29.3 Å². The molecule has 3 rings (SSSR count). The number of aryl methyl sites for hydroxylation is 3. The first kappa shape index (κ1) is 13.7. The molecule has 0 spiro atoms. The maximum atomic E-state index is 4.61. The first-order valence-corrected chi connectivity index (χ1v) is 7.45. The molecule has 2 heterocycles. The minimum atomic E-state index is 0.787. The van der Waals surface area contributed by atoms with Crippen LogP contribution >= 0.6 is 0 Å². The molecule has 3 heteroatoms. The Hall–Kier alpha value is -2.29. The van der Waals surface area contributed by atoms with Gasteiger partial charge in [0, 0.05) is 11.9 Å². The van der Waals surface area contributed by atoms with Gasteiger partial charge in [0.2, 0.25) is 0 Å². The van der Waals surface area contributed by atoms with E-state index in [2.05, 4.69) is 59.9 Å². The molecule has 0 aliphatic rings. The van der Waals surface area contributed by atoms with Crippen LogP contribution in [0.3, 0.4) is 0 Å². The zero-order chi connectivity index (χ0) is 14.8. The highest BCUT2D eigenvalue weighted by molar-refractivity contribution is 5.57. The molecular weight excluding hydrogens is 258 g/mol. The first-order chi connectivity index (χ1) is 10.2. The zero-order valence-electron chi connectivity index (χ0n) is 12.9. The Morgan fingerprint density at radius 2 is 1.95 bits per heavy atom. The number of hydrogen-bond acceptors (Lipinski definition) is 2. The second-order valence-electron chi connectivity index (χ2n) is 5.39. The van der Waals surface area contributed by atoms with Crippen molar-refractivity contribution in [1.82, 2.24) is 9.38 Å². The van der Waals surface area contributed by atoms with Crippen LogP contribution < -0.4 is 5.32 Å². The van der Waals surface area contributed by atoms with E-state index in [1.807, 2.05) is 18.2 Å². The van der Waals surface area contributed by atoms with Crippen molar-refractivity contribution in [3.63, 3.8) is 0 Å². The van der Waals surface area contributed by atoms with Gasteiger partial charge in [0.1, 0.15) is 5.65 Å². The Balaban J connectivity index is 1.92. The van der Waals surface area contributed by atoms with E-state index < -0.39 is 0 Å². The van der Waals surface area contributed by atoms with E-state index in [4.69, 9.17) is 0 Å². The summed E-state index contributed by atoms with van der Waals surface area (Å²) < 4.78 is 2.16. The van der Waals surface area contributed by atoms with E-state index in [0.717, 1.165) is 24.3 Å². The van der Waals surface area contributed by atoms with Crippen molar-refractivity contribution >= 4 is 11.3 Å². The number of para-hydroxylation sites is 1. The molecule has 0 atom stereocenters. The van der Waals surface area contributed by atoms with Crippen LogP contribution in [0.1, 0.15) is 29.4 Å². The third-order valence-corrected chi connectivity index (χ3v) is 4.00. The highest BCUT2D eigenvalue weighted by atomic mass is 15.0. The van der Waals surface area contributed by atoms with E-state index in [1.165, 1.54) is 22.5 Å². The Morgan fingerprint density at radius 3 is 2.76 bits per heavy atom. The Labute approximate surface area is 125 Å². The highest BCUT2D eigenvalue weighted by Crippen LogP contribution is 2.22. The van der Waals surface area contributed by atoms with Gasteiger partial charge in [0.25, 0.3) is 0 Å². The molecule has 0 aliphatic carbocycles. The lowest BCUT2D eigenvalue weighted by Gasteiger charge is -2.14. The monoisotopic (exact) mass is 279 g/mol. The van der Waals surface area contributed by atoms with Crippen molar-refractivity contribution in [1.29, 1.82) is 0 Å². The summed E-state index contributed by atoms with van der Waals surface area (Å²) >= 11 is 0. The molecule has 0 amide bonds. The number of nitrogens with one attached hydrogen (secondary N) is 1. The van der Waals surface area contributed by atoms with Crippen LogP contribution in [-0.2, 0) is 13.0 Å². The smallest absolute Gasteiger partial charge is 0.137 e. The predicted molar refractivity (Wildman–Crippen MR) is 87.8 cm³/mol. The summed E-state index contributed by atoms with van der Waals surface area (Å²) in [5.41, 5.74) is 7.22. The Morgan fingerprint density at radius 1 is 1.10 bits per heavy atom. The lowest BCUT2D eigenvalue weighted by Crippen LogP contribution is -2.07.